The zero-order valence-electron chi connectivity index (χ0n) is 14.4. The highest BCUT2D eigenvalue weighted by Crippen LogP contribution is 2.49. The number of fused-ring (bicyclic) bond motifs is 2. The van der Waals surface area contributed by atoms with Crippen molar-refractivity contribution in [1.82, 2.24) is 5.32 Å². The second-order valence-electron chi connectivity index (χ2n) is 7.23. The number of amides is 1. The van der Waals surface area contributed by atoms with Gasteiger partial charge < -0.3 is 10.1 Å². The van der Waals surface area contributed by atoms with Gasteiger partial charge in [0.25, 0.3) is 5.91 Å². The van der Waals surface area contributed by atoms with Gasteiger partial charge in [-0.2, -0.15) is 0 Å². The Labute approximate surface area is 144 Å². The number of nitrogens with one attached hydrogen (secondary N) is 1. The zero-order valence-corrected chi connectivity index (χ0v) is 14.4. The molecular formula is C20H27NO3. The van der Waals surface area contributed by atoms with Gasteiger partial charge in [-0.25, -0.2) is 0 Å². The Morgan fingerprint density at radius 1 is 1.21 bits per heavy atom. The molecule has 1 aromatic rings. The molecule has 2 aliphatic carbocycles. The van der Waals surface area contributed by atoms with E-state index in [2.05, 4.69) is 5.32 Å². The first-order valence-corrected chi connectivity index (χ1v) is 9.16. The summed E-state index contributed by atoms with van der Waals surface area (Å²) in [5.74, 6) is 1.58. The van der Waals surface area contributed by atoms with E-state index in [4.69, 9.17) is 4.74 Å². The Bertz CT molecular complexity index is 572. The van der Waals surface area contributed by atoms with Gasteiger partial charge in [-0.15, -0.1) is 0 Å². The molecule has 2 aliphatic rings. The van der Waals surface area contributed by atoms with Crippen LogP contribution in [-0.4, -0.2) is 18.0 Å². The molecule has 1 amide bonds. The molecule has 0 heterocycles. The average Bonchev–Trinajstić information content (AvgIpc) is 3.21. The summed E-state index contributed by atoms with van der Waals surface area (Å²) < 4.78 is 5.47. The Hall–Kier alpha value is -1.84. The fraction of sp³-hybridized carbons (Fsp3) is 0.600. The quantitative estimate of drug-likeness (QED) is 0.780. The predicted octanol–water partition coefficient (Wildman–Crippen LogP) is 3.45. The Balaban J connectivity index is 1.44. The third-order valence-corrected chi connectivity index (χ3v) is 5.56. The van der Waals surface area contributed by atoms with Gasteiger partial charge in [0.2, 0.25) is 0 Å². The Morgan fingerprint density at radius 3 is 2.62 bits per heavy atom. The topological polar surface area (TPSA) is 55.4 Å². The molecule has 0 saturated heterocycles. The molecule has 2 bridgehead atoms. The van der Waals surface area contributed by atoms with Crippen molar-refractivity contribution in [3.05, 3.63) is 35.9 Å². The number of hydrogen-bond donors (Lipinski definition) is 1. The van der Waals surface area contributed by atoms with E-state index in [0.717, 1.165) is 17.9 Å². The summed E-state index contributed by atoms with van der Waals surface area (Å²) in [6, 6.07) is 9.74. The number of hydrogen-bond acceptors (Lipinski definition) is 3. The van der Waals surface area contributed by atoms with E-state index >= 15 is 0 Å². The van der Waals surface area contributed by atoms with Gasteiger partial charge in [0.1, 0.15) is 0 Å². The minimum Gasteiger partial charge on any atom is -0.452 e. The first kappa shape index (κ1) is 17.0. The van der Waals surface area contributed by atoms with Crippen LogP contribution in [0.4, 0.5) is 0 Å². The van der Waals surface area contributed by atoms with Crippen LogP contribution in [0, 0.1) is 17.8 Å². The maximum Gasteiger partial charge on any atom is 0.306 e. The molecule has 1 aromatic carbocycles. The summed E-state index contributed by atoms with van der Waals surface area (Å²) in [4.78, 5) is 24.5. The van der Waals surface area contributed by atoms with Crippen LogP contribution in [0.3, 0.4) is 0 Å². The number of esters is 1. The van der Waals surface area contributed by atoms with Crippen LogP contribution >= 0.6 is 0 Å². The van der Waals surface area contributed by atoms with Crippen molar-refractivity contribution >= 4 is 11.9 Å². The number of carbonyl (C=O) groups is 2. The van der Waals surface area contributed by atoms with Gasteiger partial charge in [-0.3, -0.25) is 9.59 Å². The molecule has 0 spiro atoms. The van der Waals surface area contributed by atoms with E-state index < -0.39 is 6.10 Å². The fourth-order valence-corrected chi connectivity index (χ4v) is 4.27. The highest BCUT2D eigenvalue weighted by molar-refractivity contribution is 5.83. The van der Waals surface area contributed by atoms with Crippen LogP contribution in [0.5, 0.6) is 0 Å². The molecule has 0 aromatic heterocycles. The number of benzene rings is 1. The molecule has 0 aliphatic heterocycles. The lowest BCUT2D eigenvalue weighted by Crippen LogP contribution is -2.37. The molecule has 0 radical (unpaired) electrons. The molecule has 4 nitrogen and oxygen atoms in total. The van der Waals surface area contributed by atoms with Crippen molar-refractivity contribution in [2.24, 2.45) is 17.8 Å². The van der Waals surface area contributed by atoms with Gasteiger partial charge in [0.05, 0.1) is 0 Å². The van der Waals surface area contributed by atoms with Crippen LogP contribution in [0.2, 0.25) is 0 Å². The van der Waals surface area contributed by atoms with Crippen molar-refractivity contribution in [3.63, 3.8) is 0 Å². The average molecular weight is 329 g/mol. The molecule has 2 saturated carbocycles. The largest absolute Gasteiger partial charge is 0.452 e. The summed E-state index contributed by atoms with van der Waals surface area (Å²) >= 11 is 0. The summed E-state index contributed by atoms with van der Waals surface area (Å²) in [5.41, 5.74) is 1.04. The number of carbonyl (C=O) groups excluding carboxylic acids is 2. The molecule has 2 fully saturated rings. The van der Waals surface area contributed by atoms with Gasteiger partial charge in [0.15, 0.2) is 6.10 Å². The van der Waals surface area contributed by atoms with Crippen LogP contribution < -0.4 is 5.32 Å². The van der Waals surface area contributed by atoms with Crippen molar-refractivity contribution in [3.8, 4) is 0 Å². The summed E-state index contributed by atoms with van der Waals surface area (Å²) in [6.07, 6.45) is 5.34. The molecule has 1 N–H and O–H groups in total. The highest BCUT2D eigenvalue weighted by Gasteiger charge is 2.40. The van der Waals surface area contributed by atoms with Crippen molar-refractivity contribution in [2.45, 2.75) is 58.1 Å². The van der Waals surface area contributed by atoms with Crippen LogP contribution in [0.15, 0.2) is 30.3 Å². The smallest absolute Gasteiger partial charge is 0.306 e. The molecule has 4 heteroatoms. The van der Waals surface area contributed by atoms with Crippen LogP contribution in [-0.2, 0) is 20.9 Å². The van der Waals surface area contributed by atoms with Gasteiger partial charge in [-0.05, 0) is 49.0 Å². The lowest BCUT2D eigenvalue weighted by molar-refractivity contribution is -0.157. The maximum absolute atomic E-state index is 12.3. The summed E-state index contributed by atoms with van der Waals surface area (Å²) in [5, 5.41) is 2.86. The molecule has 4 atom stereocenters. The van der Waals surface area contributed by atoms with E-state index in [1.165, 1.54) is 19.3 Å². The monoisotopic (exact) mass is 329 g/mol. The zero-order chi connectivity index (χ0) is 16.9. The van der Waals surface area contributed by atoms with Crippen molar-refractivity contribution in [2.75, 3.05) is 0 Å². The standard InChI is InChI=1S/C20H27NO3/c1-2-18(20(23)21-13-14-6-4-3-5-7-14)24-19(22)12-17-11-15-8-9-16(17)10-15/h3-7,15-18H,2,8-13H2,1H3,(H,21,23)/t15-,16-,17+,18+/m0/s1. The SMILES string of the molecule is CC[C@@H](OC(=O)C[C@H]1C[C@H]2CC[C@H]1C2)C(=O)NCc1ccccc1. The van der Waals surface area contributed by atoms with E-state index in [9.17, 15) is 9.59 Å². The fourth-order valence-electron chi connectivity index (χ4n) is 4.27. The second kappa shape index (κ2) is 7.82. The molecule has 24 heavy (non-hydrogen) atoms. The van der Waals surface area contributed by atoms with Gasteiger partial charge in [0, 0.05) is 13.0 Å². The highest BCUT2D eigenvalue weighted by atomic mass is 16.5. The van der Waals surface area contributed by atoms with Crippen molar-refractivity contribution < 1.29 is 14.3 Å². The van der Waals surface area contributed by atoms with E-state index in [1.807, 2.05) is 37.3 Å². The third-order valence-electron chi connectivity index (χ3n) is 5.56. The first-order valence-electron chi connectivity index (χ1n) is 9.16. The third kappa shape index (κ3) is 4.16. The van der Waals surface area contributed by atoms with Crippen molar-refractivity contribution in [1.29, 1.82) is 0 Å². The molecule has 3 rings (SSSR count). The summed E-state index contributed by atoms with van der Waals surface area (Å²) in [6.45, 7) is 2.33. The lowest BCUT2D eigenvalue weighted by Gasteiger charge is -2.22. The van der Waals surface area contributed by atoms with Gasteiger partial charge in [-0.1, -0.05) is 43.7 Å². The van der Waals surface area contributed by atoms with E-state index in [1.54, 1.807) is 0 Å². The van der Waals surface area contributed by atoms with Crippen LogP contribution in [0.25, 0.3) is 0 Å². The summed E-state index contributed by atoms with van der Waals surface area (Å²) in [7, 11) is 0. The molecular weight excluding hydrogens is 302 g/mol. The molecule has 0 unspecified atom stereocenters. The maximum atomic E-state index is 12.3. The lowest BCUT2D eigenvalue weighted by atomic mass is 9.86. The Morgan fingerprint density at radius 2 is 2.00 bits per heavy atom. The van der Waals surface area contributed by atoms with E-state index in [0.29, 0.717) is 31.2 Å². The Kier molecular flexibility index (Phi) is 5.54. The minimum atomic E-state index is -0.681. The van der Waals surface area contributed by atoms with Gasteiger partial charge >= 0.3 is 5.97 Å². The van der Waals surface area contributed by atoms with Crippen LogP contribution in [0.1, 0.15) is 51.0 Å². The van der Waals surface area contributed by atoms with E-state index in [-0.39, 0.29) is 11.9 Å². The predicted molar refractivity (Wildman–Crippen MR) is 92.0 cm³/mol. The minimum absolute atomic E-state index is 0.206. The molecule has 130 valence electrons. The number of rotatable bonds is 7. The second-order valence-corrected chi connectivity index (χ2v) is 7.23. The first-order chi connectivity index (χ1) is 11.7. The normalized spacial score (nSPS) is 26.1. The number of ether oxygens (including phenoxy) is 1.